The molecule has 1 nitrogen and oxygen atoms in total. The van der Waals surface area contributed by atoms with Gasteiger partial charge in [-0.1, -0.05) is 18.7 Å². The summed E-state index contributed by atoms with van der Waals surface area (Å²) in [5.74, 6) is 2.36. The number of thioether (sulfide) groups is 2. The zero-order valence-corrected chi connectivity index (χ0v) is 9.52. The number of rotatable bonds is 1. The van der Waals surface area contributed by atoms with Crippen molar-refractivity contribution in [3.05, 3.63) is 0 Å². The molecule has 48 valence electrons. The van der Waals surface area contributed by atoms with Crippen LogP contribution >= 0.6 is 23.5 Å². The Labute approximate surface area is 88.2 Å². The van der Waals surface area contributed by atoms with Gasteiger partial charge < -0.3 is 1.43 Å². The summed E-state index contributed by atoms with van der Waals surface area (Å²) in [6.45, 7) is 3.19. The molecule has 0 amide bonds. The Morgan fingerprint density at radius 1 is 1.89 bits per heavy atom. The van der Waals surface area contributed by atoms with Gasteiger partial charge in [-0.25, -0.2) is 0 Å². The molecule has 0 aliphatic carbocycles. The molecule has 0 bridgehead atoms. The van der Waals surface area contributed by atoms with Crippen molar-refractivity contribution < 1.29 is 31.0 Å². The zero-order valence-electron chi connectivity index (χ0n) is 6.89. The molecule has 1 aliphatic rings. The molecule has 4 heteroatoms. The summed E-state index contributed by atoms with van der Waals surface area (Å²) in [6.07, 6.45) is 0. The average Bonchev–Trinajstić information content (AvgIpc) is 2.19. The first-order chi connectivity index (χ1) is 3.93. The van der Waals surface area contributed by atoms with Crippen molar-refractivity contribution in [2.75, 3.05) is 18.1 Å². The van der Waals surface area contributed by atoms with E-state index in [1.54, 1.807) is 0 Å². The molecular formula is C5H10NNaS2. The van der Waals surface area contributed by atoms with E-state index in [2.05, 4.69) is 11.9 Å². The predicted molar refractivity (Wildman–Crippen MR) is 44.0 cm³/mol. The fraction of sp³-hybridized carbons (Fsp3) is 0.800. The Kier molecular flexibility index (Phi) is 7.03. The monoisotopic (exact) mass is 171 g/mol. The van der Waals surface area contributed by atoms with Gasteiger partial charge >= 0.3 is 29.6 Å². The molecule has 0 fully saturated rings. The van der Waals surface area contributed by atoms with Crippen molar-refractivity contribution in [2.24, 2.45) is 4.99 Å². The molecule has 0 saturated carbocycles. The van der Waals surface area contributed by atoms with Gasteiger partial charge in [-0.05, 0) is 5.75 Å². The van der Waals surface area contributed by atoms with Crippen LogP contribution in [0.3, 0.4) is 0 Å². The van der Waals surface area contributed by atoms with Crippen molar-refractivity contribution in [3.63, 3.8) is 0 Å². The second-order valence-corrected chi connectivity index (χ2v) is 4.02. The van der Waals surface area contributed by atoms with Crippen LogP contribution in [0.5, 0.6) is 0 Å². The van der Waals surface area contributed by atoms with Crippen molar-refractivity contribution >= 4 is 27.9 Å². The van der Waals surface area contributed by atoms with Crippen LogP contribution in [-0.4, -0.2) is 22.4 Å². The summed E-state index contributed by atoms with van der Waals surface area (Å²) in [5.41, 5.74) is 0. The summed E-state index contributed by atoms with van der Waals surface area (Å²) < 4.78 is 1.28. The first-order valence-electron chi connectivity index (χ1n) is 2.73. The number of hydrogen-bond acceptors (Lipinski definition) is 3. The van der Waals surface area contributed by atoms with Crippen LogP contribution in [0.15, 0.2) is 4.99 Å². The van der Waals surface area contributed by atoms with Crippen LogP contribution in [0, 0.1) is 0 Å². The van der Waals surface area contributed by atoms with Crippen molar-refractivity contribution in [1.29, 1.82) is 0 Å². The topological polar surface area (TPSA) is 12.4 Å². The molecule has 0 radical (unpaired) electrons. The third-order valence-electron chi connectivity index (χ3n) is 0.826. The largest absolute Gasteiger partial charge is 1.00 e. The summed E-state index contributed by atoms with van der Waals surface area (Å²) in [6, 6.07) is 0. The predicted octanol–water partition coefficient (Wildman–Crippen LogP) is -1.04. The molecule has 0 aromatic carbocycles. The van der Waals surface area contributed by atoms with E-state index in [1.807, 2.05) is 23.5 Å². The average molecular weight is 171 g/mol. The summed E-state index contributed by atoms with van der Waals surface area (Å²) >= 11 is 3.73. The van der Waals surface area contributed by atoms with Gasteiger partial charge in [0.15, 0.2) is 0 Å². The Hall–Kier alpha value is 1.37. The van der Waals surface area contributed by atoms with Crippen LogP contribution in [0.4, 0.5) is 0 Å². The summed E-state index contributed by atoms with van der Waals surface area (Å²) in [5, 5.41) is 0. The van der Waals surface area contributed by atoms with Gasteiger partial charge in [-0.15, -0.1) is 11.8 Å². The number of hydrogen-bond donors (Lipinski definition) is 0. The molecule has 0 unspecified atom stereocenters. The SMILES string of the molecule is CCSC1=NCCS1.[H-].[Na+]. The maximum absolute atomic E-state index is 4.27. The maximum Gasteiger partial charge on any atom is 1.00 e. The fourth-order valence-corrected chi connectivity index (χ4v) is 2.43. The fourth-order valence-electron chi connectivity index (χ4n) is 0.526. The molecule has 0 aromatic rings. The Balaban J connectivity index is 0. The minimum absolute atomic E-state index is 0. The summed E-state index contributed by atoms with van der Waals surface area (Å²) in [7, 11) is 0. The van der Waals surface area contributed by atoms with Gasteiger partial charge in [0.05, 0.1) is 6.54 Å². The van der Waals surface area contributed by atoms with Crippen LogP contribution in [0.25, 0.3) is 0 Å². The minimum Gasteiger partial charge on any atom is -1.00 e. The molecule has 1 aliphatic heterocycles. The van der Waals surface area contributed by atoms with Gasteiger partial charge in [-0.3, -0.25) is 4.99 Å². The van der Waals surface area contributed by atoms with E-state index in [0.29, 0.717) is 0 Å². The molecule has 0 spiro atoms. The normalized spacial score (nSPS) is 16.8. The third-order valence-corrected chi connectivity index (χ3v) is 2.96. The van der Waals surface area contributed by atoms with Gasteiger partial charge in [0.2, 0.25) is 0 Å². The molecule has 0 N–H and O–H groups in total. The Morgan fingerprint density at radius 3 is 3.11 bits per heavy atom. The molecule has 9 heavy (non-hydrogen) atoms. The first kappa shape index (κ1) is 10.4. The van der Waals surface area contributed by atoms with E-state index in [1.165, 1.54) is 10.1 Å². The van der Waals surface area contributed by atoms with E-state index >= 15 is 0 Å². The van der Waals surface area contributed by atoms with Gasteiger partial charge in [-0.2, -0.15) is 0 Å². The standard InChI is InChI=1S/C5H9NS2.Na.H/c1-2-7-5-6-3-4-8-5;;/h2-4H2,1H3;;/q;+1;-1. The smallest absolute Gasteiger partial charge is 1.00 e. The van der Waals surface area contributed by atoms with Crippen LogP contribution in [-0.2, 0) is 0 Å². The Bertz CT molecular complexity index is 110. The second kappa shape index (κ2) is 6.10. The number of aliphatic imine (C=N–C) groups is 1. The molecule has 0 saturated heterocycles. The van der Waals surface area contributed by atoms with Crippen LogP contribution in [0.1, 0.15) is 8.35 Å². The van der Waals surface area contributed by atoms with Gasteiger partial charge in [0.25, 0.3) is 0 Å². The number of nitrogens with zero attached hydrogens (tertiary/aromatic N) is 1. The second-order valence-electron chi connectivity index (χ2n) is 1.43. The van der Waals surface area contributed by atoms with Crippen molar-refractivity contribution in [1.82, 2.24) is 0 Å². The minimum atomic E-state index is 0. The van der Waals surface area contributed by atoms with Crippen molar-refractivity contribution in [2.45, 2.75) is 6.92 Å². The quantitative estimate of drug-likeness (QED) is 0.467. The summed E-state index contributed by atoms with van der Waals surface area (Å²) in [4.78, 5) is 4.27. The van der Waals surface area contributed by atoms with E-state index < -0.39 is 0 Å². The van der Waals surface area contributed by atoms with Gasteiger partial charge in [0.1, 0.15) is 4.38 Å². The van der Waals surface area contributed by atoms with Gasteiger partial charge in [0, 0.05) is 5.75 Å². The molecule has 1 heterocycles. The van der Waals surface area contributed by atoms with E-state index in [-0.39, 0.29) is 31.0 Å². The molecule has 1 rings (SSSR count). The maximum atomic E-state index is 4.27. The van der Waals surface area contributed by atoms with E-state index in [4.69, 9.17) is 0 Å². The Morgan fingerprint density at radius 2 is 2.67 bits per heavy atom. The molecule has 0 aromatic heterocycles. The zero-order chi connectivity index (χ0) is 5.82. The van der Waals surface area contributed by atoms with Crippen LogP contribution < -0.4 is 29.6 Å². The van der Waals surface area contributed by atoms with Crippen LogP contribution in [0.2, 0.25) is 0 Å². The third kappa shape index (κ3) is 3.94. The molecule has 0 atom stereocenters. The first-order valence-corrected chi connectivity index (χ1v) is 4.70. The van der Waals surface area contributed by atoms with E-state index in [9.17, 15) is 0 Å². The van der Waals surface area contributed by atoms with E-state index in [0.717, 1.165) is 12.3 Å². The molecular weight excluding hydrogens is 161 g/mol. The van der Waals surface area contributed by atoms with Crippen molar-refractivity contribution in [3.8, 4) is 0 Å².